The van der Waals surface area contributed by atoms with Gasteiger partial charge in [-0.15, -0.1) is 0 Å². The van der Waals surface area contributed by atoms with Crippen molar-refractivity contribution in [1.82, 2.24) is 5.32 Å². The molecule has 2 rings (SSSR count). The summed E-state index contributed by atoms with van der Waals surface area (Å²) in [7, 11) is 0. The van der Waals surface area contributed by atoms with Crippen LogP contribution in [0.1, 0.15) is 24.5 Å². The van der Waals surface area contributed by atoms with E-state index in [0.717, 1.165) is 5.56 Å². The van der Waals surface area contributed by atoms with Crippen molar-refractivity contribution in [2.75, 3.05) is 0 Å². The topological polar surface area (TPSA) is 38.3 Å². The summed E-state index contributed by atoms with van der Waals surface area (Å²) in [6, 6.07) is 14.0. The molecule has 1 atom stereocenters. The molecule has 2 aromatic carbocycles. The van der Waals surface area contributed by atoms with E-state index in [1.807, 2.05) is 38.1 Å². The molecule has 0 unspecified atom stereocenters. The maximum atomic E-state index is 13.6. The first kappa shape index (κ1) is 16.0. The van der Waals surface area contributed by atoms with Gasteiger partial charge in [0.05, 0.1) is 0 Å². The predicted molar refractivity (Wildman–Crippen MR) is 84.1 cm³/mol. The van der Waals surface area contributed by atoms with Crippen LogP contribution in [-0.4, -0.2) is 12.0 Å². The molecule has 3 nitrogen and oxygen atoms in total. The number of carbonyl (C=O) groups excluding carboxylic acids is 1. The van der Waals surface area contributed by atoms with Gasteiger partial charge in [-0.3, -0.25) is 4.79 Å². The van der Waals surface area contributed by atoms with Crippen LogP contribution in [0.15, 0.2) is 48.5 Å². The van der Waals surface area contributed by atoms with Crippen LogP contribution < -0.4 is 10.1 Å². The fraction of sp³-hybridized carbons (Fsp3) is 0.278. The summed E-state index contributed by atoms with van der Waals surface area (Å²) in [5.74, 6) is -0.613. The first-order valence-electron chi connectivity index (χ1n) is 7.34. The highest BCUT2D eigenvalue weighted by atomic mass is 19.1. The summed E-state index contributed by atoms with van der Waals surface area (Å²) in [6.45, 7) is 4.27. The molecular formula is C18H20FNO2. The predicted octanol–water partition coefficient (Wildman–Crippen LogP) is 3.61. The third kappa shape index (κ3) is 4.32. The molecule has 1 amide bonds. The van der Waals surface area contributed by atoms with E-state index in [1.165, 1.54) is 17.7 Å². The van der Waals surface area contributed by atoms with Gasteiger partial charge in [-0.25, -0.2) is 4.39 Å². The molecule has 0 heterocycles. The summed E-state index contributed by atoms with van der Waals surface area (Å²) < 4.78 is 19.1. The van der Waals surface area contributed by atoms with Crippen molar-refractivity contribution in [3.8, 4) is 5.75 Å². The molecule has 0 bridgehead atoms. The highest BCUT2D eigenvalue weighted by Crippen LogP contribution is 2.18. The van der Waals surface area contributed by atoms with Gasteiger partial charge >= 0.3 is 0 Å². The van der Waals surface area contributed by atoms with Crippen molar-refractivity contribution in [3.63, 3.8) is 0 Å². The molecule has 1 N–H and O–H groups in total. The number of benzene rings is 2. The summed E-state index contributed by atoms with van der Waals surface area (Å²) in [4.78, 5) is 12.2. The largest absolute Gasteiger partial charge is 0.478 e. The Kier molecular flexibility index (Phi) is 5.53. The van der Waals surface area contributed by atoms with Gasteiger partial charge in [0.15, 0.2) is 17.7 Å². The quantitative estimate of drug-likeness (QED) is 0.885. The Morgan fingerprint density at radius 3 is 2.50 bits per heavy atom. The Balaban J connectivity index is 1.94. The second-order valence-corrected chi connectivity index (χ2v) is 5.15. The third-order valence-corrected chi connectivity index (χ3v) is 3.36. The van der Waals surface area contributed by atoms with Crippen LogP contribution in [0.5, 0.6) is 5.75 Å². The molecule has 0 aromatic heterocycles. The van der Waals surface area contributed by atoms with Crippen LogP contribution in [-0.2, 0) is 11.3 Å². The fourth-order valence-corrected chi connectivity index (χ4v) is 2.02. The number of ether oxygens (including phenoxy) is 1. The number of halogens is 1. The average Bonchev–Trinajstić information content (AvgIpc) is 2.53. The fourth-order valence-electron chi connectivity index (χ4n) is 2.02. The molecule has 0 aliphatic rings. The van der Waals surface area contributed by atoms with Crippen molar-refractivity contribution < 1.29 is 13.9 Å². The molecule has 0 aliphatic carbocycles. The zero-order chi connectivity index (χ0) is 15.9. The summed E-state index contributed by atoms with van der Waals surface area (Å²) >= 11 is 0. The van der Waals surface area contributed by atoms with E-state index in [1.54, 1.807) is 12.1 Å². The van der Waals surface area contributed by atoms with Gasteiger partial charge in [-0.1, -0.05) is 48.9 Å². The number of nitrogens with one attached hydrogen (secondary N) is 1. The van der Waals surface area contributed by atoms with Crippen molar-refractivity contribution in [3.05, 3.63) is 65.5 Å². The summed E-state index contributed by atoms with van der Waals surface area (Å²) in [6.07, 6.45) is -0.240. The summed E-state index contributed by atoms with van der Waals surface area (Å²) in [5, 5.41) is 2.82. The second-order valence-electron chi connectivity index (χ2n) is 5.15. The number of hydrogen-bond acceptors (Lipinski definition) is 2. The van der Waals surface area contributed by atoms with Gasteiger partial charge in [0.2, 0.25) is 0 Å². The lowest BCUT2D eigenvalue weighted by Gasteiger charge is -2.17. The Morgan fingerprint density at radius 2 is 1.86 bits per heavy atom. The highest BCUT2D eigenvalue weighted by molar-refractivity contribution is 5.81. The van der Waals surface area contributed by atoms with Crippen LogP contribution >= 0.6 is 0 Å². The lowest BCUT2D eigenvalue weighted by Crippen LogP contribution is -2.37. The Labute approximate surface area is 130 Å². The van der Waals surface area contributed by atoms with Gasteiger partial charge in [-0.05, 0) is 31.0 Å². The minimum atomic E-state index is -0.706. The zero-order valence-corrected chi connectivity index (χ0v) is 12.8. The van der Waals surface area contributed by atoms with Gasteiger partial charge in [0, 0.05) is 6.54 Å². The van der Waals surface area contributed by atoms with Gasteiger partial charge < -0.3 is 10.1 Å². The molecule has 22 heavy (non-hydrogen) atoms. The van der Waals surface area contributed by atoms with E-state index < -0.39 is 11.9 Å². The van der Waals surface area contributed by atoms with Crippen LogP contribution in [0.3, 0.4) is 0 Å². The van der Waals surface area contributed by atoms with Gasteiger partial charge in [0.1, 0.15) is 0 Å². The minimum Gasteiger partial charge on any atom is -0.478 e. The minimum absolute atomic E-state index is 0.0971. The SMILES string of the molecule is CC[C@H](Oc1ccccc1F)C(=O)NCc1ccc(C)cc1. The lowest BCUT2D eigenvalue weighted by molar-refractivity contribution is -0.128. The Morgan fingerprint density at radius 1 is 1.18 bits per heavy atom. The molecule has 4 heteroatoms. The van der Waals surface area contributed by atoms with Crippen molar-refractivity contribution in [2.24, 2.45) is 0 Å². The normalized spacial score (nSPS) is 11.8. The standard InChI is InChI=1S/C18H20FNO2/c1-3-16(22-17-7-5-4-6-15(17)19)18(21)20-12-14-10-8-13(2)9-11-14/h4-11,16H,3,12H2,1-2H3,(H,20,21)/t16-/m0/s1. The number of carbonyl (C=O) groups is 1. The Hall–Kier alpha value is -2.36. The van der Waals surface area contributed by atoms with E-state index in [4.69, 9.17) is 4.74 Å². The maximum Gasteiger partial charge on any atom is 0.261 e. The van der Waals surface area contributed by atoms with E-state index in [2.05, 4.69) is 5.32 Å². The molecule has 0 radical (unpaired) electrons. The molecule has 0 aliphatic heterocycles. The van der Waals surface area contributed by atoms with E-state index >= 15 is 0 Å². The lowest BCUT2D eigenvalue weighted by atomic mass is 10.1. The number of rotatable bonds is 6. The van der Waals surface area contributed by atoms with Crippen molar-refractivity contribution in [2.45, 2.75) is 32.9 Å². The first-order valence-corrected chi connectivity index (χ1v) is 7.34. The number of hydrogen-bond donors (Lipinski definition) is 1. The summed E-state index contributed by atoms with van der Waals surface area (Å²) in [5.41, 5.74) is 2.18. The monoisotopic (exact) mass is 301 g/mol. The maximum absolute atomic E-state index is 13.6. The molecule has 2 aromatic rings. The van der Waals surface area contributed by atoms with Crippen LogP contribution in [0.4, 0.5) is 4.39 Å². The van der Waals surface area contributed by atoms with Crippen LogP contribution in [0.25, 0.3) is 0 Å². The smallest absolute Gasteiger partial charge is 0.261 e. The number of para-hydroxylation sites is 1. The third-order valence-electron chi connectivity index (χ3n) is 3.36. The molecule has 0 saturated carbocycles. The molecule has 0 spiro atoms. The van der Waals surface area contributed by atoms with Crippen LogP contribution in [0.2, 0.25) is 0 Å². The highest BCUT2D eigenvalue weighted by Gasteiger charge is 2.19. The second kappa shape index (κ2) is 7.59. The number of amides is 1. The van der Waals surface area contributed by atoms with Gasteiger partial charge in [0.25, 0.3) is 5.91 Å². The number of aryl methyl sites for hydroxylation is 1. The van der Waals surface area contributed by atoms with E-state index in [9.17, 15) is 9.18 Å². The van der Waals surface area contributed by atoms with E-state index in [-0.39, 0.29) is 11.7 Å². The molecule has 0 saturated heterocycles. The van der Waals surface area contributed by atoms with E-state index in [0.29, 0.717) is 13.0 Å². The molecule has 116 valence electrons. The van der Waals surface area contributed by atoms with Gasteiger partial charge in [-0.2, -0.15) is 0 Å². The Bertz CT molecular complexity index is 625. The zero-order valence-electron chi connectivity index (χ0n) is 12.8. The molecular weight excluding hydrogens is 281 g/mol. The van der Waals surface area contributed by atoms with Crippen molar-refractivity contribution >= 4 is 5.91 Å². The average molecular weight is 301 g/mol. The molecule has 0 fully saturated rings. The van der Waals surface area contributed by atoms with Crippen LogP contribution in [0, 0.1) is 12.7 Å². The first-order chi connectivity index (χ1) is 10.6. The van der Waals surface area contributed by atoms with Crippen molar-refractivity contribution in [1.29, 1.82) is 0 Å².